The molecule has 2 aliphatic rings. The monoisotopic (exact) mass is 420 g/mol. The third-order valence-corrected chi connectivity index (χ3v) is 6.52. The highest BCUT2D eigenvalue weighted by atomic mass is 16.2. The van der Waals surface area contributed by atoms with Gasteiger partial charge in [0.15, 0.2) is 0 Å². The van der Waals surface area contributed by atoms with Crippen LogP contribution in [0.15, 0.2) is 48.8 Å². The highest BCUT2D eigenvalue weighted by molar-refractivity contribution is 6.35. The van der Waals surface area contributed by atoms with Crippen molar-refractivity contribution >= 4 is 11.8 Å². The Hall–Kier alpha value is -2.73. The first-order valence-corrected chi connectivity index (χ1v) is 11.5. The predicted octanol–water partition coefficient (Wildman–Crippen LogP) is 3.14. The van der Waals surface area contributed by atoms with Crippen LogP contribution in [0.5, 0.6) is 0 Å². The molecule has 1 saturated carbocycles. The molecule has 1 aliphatic carbocycles. The topological polar surface area (TPSA) is 74.3 Å². The van der Waals surface area contributed by atoms with Crippen LogP contribution in [0.1, 0.15) is 61.3 Å². The Morgan fingerprint density at radius 2 is 1.77 bits per heavy atom. The molecular formula is C25H32N4O2. The number of hydrogen-bond donors (Lipinski definition) is 2. The van der Waals surface area contributed by atoms with Crippen LogP contribution in [-0.2, 0) is 22.6 Å². The lowest BCUT2D eigenvalue weighted by molar-refractivity contribution is -0.139. The summed E-state index contributed by atoms with van der Waals surface area (Å²) < 4.78 is 0. The molecule has 1 atom stereocenters. The van der Waals surface area contributed by atoms with Crippen molar-refractivity contribution in [1.29, 1.82) is 0 Å². The van der Waals surface area contributed by atoms with Gasteiger partial charge in [0, 0.05) is 38.1 Å². The molecule has 0 spiro atoms. The molecule has 1 aromatic heterocycles. The van der Waals surface area contributed by atoms with E-state index in [1.54, 1.807) is 6.20 Å². The maximum Gasteiger partial charge on any atom is 0.309 e. The zero-order valence-electron chi connectivity index (χ0n) is 18.1. The van der Waals surface area contributed by atoms with Crippen molar-refractivity contribution in [1.82, 2.24) is 20.5 Å². The Balaban J connectivity index is 1.40. The molecule has 1 fully saturated rings. The van der Waals surface area contributed by atoms with Gasteiger partial charge < -0.3 is 10.6 Å². The van der Waals surface area contributed by atoms with Gasteiger partial charge in [-0.2, -0.15) is 0 Å². The molecule has 4 rings (SSSR count). The average Bonchev–Trinajstić information content (AvgIpc) is 3.08. The third-order valence-electron chi connectivity index (χ3n) is 6.52. The van der Waals surface area contributed by atoms with E-state index < -0.39 is 11.8 Å². The largest absolute Gasteiger partial charge is 0.346 e. The van der Waals surface area contributed by atoms with Gasteiger partial charge in [-0.05, 0) is 42.0 Å². The molecular weight excluding hydrogens is 388 g/mol. The number of amides is 2. The molecule has 1 aliphatic heterocycles. The summed E-state index contributed by atoms with van der Waals surface area (Å²) in [6.07, 6.45) is 11.2. The summed E-state index contributed by atoms with van der Waals surface area (Å²) in [4.78, 5) is 31.7. The van der Waals surface area contributed by atoms with E-state index in [0.29, 0.717) is 6.54 Å². The number of nitrogens with zero attached hydrogens (tertiary/aromatic N) is 2. The summed E-state index contributed by atoms with van der Waals surface area (Å²) in [6, 6.07) is 12.6. The van der Waals surface area contributed by atoms with Crippen LogP contribution in [0.4, 0.5) is 0 Å². The van der Waals surface area contributed by atoms with Gasteiger partial charge in [-0.1, -0.05) is 56.0 Å². The number of hydrogen-bond acceptors (Lipinski definition) is 4. The van der Waals surface area contributed by atoms with Crippen LogP contribution in [0, 0.1) is 0 Å². The molecule has 1 unspecified atom stereocenters. The number of benzene rings is 1. The molecule has 2 aromatic rings. The molecule has 0 saturated heterocycles. The van der Waals surface area contributed by atoms with Crippen molar-refractivity contribution in [2.75, 3.05) is 13.1 Å². The quantitative estimate of drug-likeness (QED) is 0.576. The van der Waals surface area contributed by atoms with E-state index in [0.717, 1.165) is 50.8 Å². The van der Waals surface area contributed by atoms with Crippen LogP contribution < -0.4 is 10.6 Å². The van der Waals surface area contributed by atoms with Gasteiger partial charge in [0.2, 0.25) is 0 Å². The molecule has 0 radical (unpaired) electrons. The smallest absolute Gasteiger partial charge is 0.309 e. The van der Waals surface area contributed by atoms with E-state index >= 15 is 0 Å². The number of aromatic nitrogens is 1. The lowest BCUT2D eigenvalue weighted by atomic mass is 9.97. The maximum absolute atomic E-state index is 12.6. The molecule has 0 bridgehead atoms. The first-order chi connectivity index (χ1) is 15.2. The Morgan fingerprint density at radius 3 is 2.52 bits per heavy atom. The van der Waals surface area contributed by atoms with E-state index in [2.05, 4.69) is 44.8 Å². The van der Waals surface area contributed by atoms with Crippen molar-refractivity contribution in [2.24, 2.45) is 0 Å². The minimum absolute atomic E-state index is 0.0308. The summed E-state index contributed by atoms with van der Waals surface area (Å²) in [5.74, 6) is -1.06. The fourth-order valence-electron chi connectivity index (χ4n) is 4.76. The zero-order chi connectivity index (χ0) is 21.5. The third kappa shape index (κ3) is 5.70. The van der Waals surface area contributed by atoms with Crippen molar-refractivity contribution in [3.8, 4) is 0 Å². The second-order valence-corrected chi connectivity index (χ2v) is 8.66. The number of pyridine rings is 1. The van der Waals surface area contributed by atoms with E-state index in [1.807, 2.05) is 18.3 Å². The van der Waals surface area contributed by atoms with Gasteiger partial charge >= 0.3 is 11.8 Å². The van der Waals surface area contributed by atoms with Crippen molar-refractivity contribution in [2.45, 2.75) is 63.6 Å². The van der Waals surface area contributed by atoms with E-state index in [1.165, 1.54) is 24.0 Å². The minimum Gasteiger partial charge on any atom is -0.346 e. The number of nitrogens with one attached hydrogen (secondary N) is 2. The molecule has 164 valence electrons. The van der Waals surface area contributed by atoms with Crippen LogP contribution in [-0.4, -0.2) is 40.8 Å². The van der Waals surface area contributed by atoms with Crippen LogP contribution in [0.2, 0.25) is 0 Å². The number of carbonyl (C=O) groups excluding carboxylic acids is 2. The number of carbonyl (C=O) groups is 2. The van der Waals surface area contributed by atoms with E-state index in [9.17, 15) is 9.59 Å². The Kier molecular flexibility index (Phi) is 7.30. The minimum atomic E-state index is -0.546. The predicted molar refractivity (Wildman–Crippen MR) is 120 cm³/mol. The first kappa shape index (κ1) is 21.5. The molecule has 2 amide bonds. The average molecular weight is 421 g/mol. The molecule has 2 N–H and O–H groups in total. The summed E-state index contributed by atoms with van der Waals surface area (Å²) >= 11 is 0. The number of fused-ring (bicyclic) bond motifs is 1. The van der Waals surface area contributed by atoms with Gasteiger partial charge in [0.1, 0.15) is 0 Å². The second-order valence-electron chi connectivity index (χ2n) is 8.66. The Bertz CT molecular complexity index is 878. The zero-order valence-corrected chi connectivity index (χ0v) is 18.1. The normalized spacial score (nSPS) is 18.5. The highest BCUT2D eigenvalue weighted by Gasteiger charge is 2.27. The maximum atomic E-state index is 12.6. The van der Waals surface area contributed by atoms with Crippen molar-refractivity contribution < 1.29 is 9.59 Å². The lowest BCUT2D eigenvalue weighted by Crippen LogP contribution is -2.47. The van der Waals surface area contributed by atoms with Crippen molar-refractivity contribution in [3.63, 3.8) is 0 Å². The fourth-order valence-corrected chi connectivity index (χ4v) is 4.76. The van der Waals surface area contributed by atoms with Gasteiger partial charge in [-0.3, -0.25) is 19.5 Å². The highest BCUT2D eigenvalue weighted by Crippen LogP contribution is 2.27. The van der Waals surface area contributed by atoms with Crippen molar-refractivity contribution in [3.05, 3.63) is 65.5 Å². The summed E-state index contributed by atoms with van der Waals surface area (Å²) in [5, 5.41) is 5.82. The van der Waals surface area contributed by atoms with Crippen LogP contribution >= 0.6 is 0 Å². The van der Waals surface area contributed by atoms with Gasteiger partial charge in [0.05, 0.1) is 6.04 Å². The molecule has 1 aromatic carbocycles. The first-order valence-electron chi connectivity index (χ1n) is 11.5. The lowest BCUT2D eigenvalue weighted by Gasteiger charge is -2.36. The summed E-state index contributed by atoms with van der Waals surface area (Å²) in [7, 11) is 0. The molecule has 31 heavy (non-hydrogen) atoms. The summed E-state index contributed by atoms with van der Waals surface area (Å²) in [6.45, 7) is 2.10. The van der Waals surface area contributed by atoms with Gasteiger partial charge in [-0.25, -0.2) is 0 Å². The molecule has 2 heterocycles. The van der Waals surface area contributed by atoms with Crippen LogP contribution in [0.3, 0.4) is 0 Å². The van der Waals surface area contributed by atoms with Gasteiger partial charge in [-0.15, -0.1) is 0 Å². The Labute approximate surface area is 184 Å². The summed E-state index contributed by atoms with van der Waals surface area (Å²) in [5.41, 5.74) is 3.75. The van der Waals surface area contributed by atoms with Gasteiger partial charge in [0.25, 0.3) is 0 Å². The SMILES string of the molecule is O=C(NCC(c1cccnc1)N1CCc2ccccc2C1)C(=O)NC1CCCCCC1. The Morgan fingerprint density at radius 1 is 1.00 bits per heavy atom. The van der Waals surface area contributed by atoms with E-state index in [-0.39, 0.29) is 12.1 Å². The standard InChI is InChI=1S/C25H32N4O2/c30-24(25(31)28-22-11-3-1-2-4-12-22)27-17-23(20-10-7-14-26-16-20)29-15-13-19-8-5-6-9-21(19)18-29/h5-10,14,16,22-23H,1-4,11-13,15,17-18H2,(H,27,30)(H,28,31). The van der Waals surface area contributed by atoms with E-state index in [4.69, 9.17) is 0 Å². The molecule has 6 nitrogen and oxygen atoms in total. The molecule has 6 heteroatoms. The van der Waals surface area contributed by atoms with Crippen LogP contribution in [0.25, 0.3) is 0 Å². The second kappa shape index (κ2) is 10.5. The fraction of sp³-hybridized carbons (Fsp3) is 0.480. The number of rotatable bonds is 5.